The number of piperazine rings is 1. The van der Waals surface area contributed by atoms with Crippen molar-refractivity contribution in [2.75, 3.05) is 57.8 Å². The largest absolute Gasteiger partial charge is 0.492 e. The zero-order chi connectivity index (χ0) is 26.2. The van der Waals surface area contributed by atoms with Gasteiger partial charge in [0.1, 0.15) is 18.2 Å². The summed E-state index contributed by atoms with van der Waals surface area (Å²) in [6.45, 7) is 3.87. The van der Waals surface area contributed by atoms with Gasteiger partial charge in [0.15, 0.2) is 5.65 Å². The van der Waals surface area contributed by atoms with Crippen LogP contribution >= 0.6 is 0 Å². The van der Waals surface area contributed by atoms with Crippen LogP contribution < -0.4 is 9.64 Å². The number of aliphatic hydroxyl groups is 1. The Morgan fingerprint density at radius 2 is 1.76 bits per heavy atom. The predicted octanol–water partition coefficient (Wildman–Crippen LogP) is 1.78. The van der Waals surface area contributed by atoms with Crippen LogP contribution in [0.2, 0.25) is 0 Å². The van der Waals surface area contributed by atoms with Gasteiger partial charge in [-0.2, -0.15) is 17.7 Å². The normalized spacial score (nSPS) is 19.0. The fraction of sp³-hybridized carbons (Fsp3) is 0.500. The summed E-state index contributed by atoms with van der Waals surface area (Å²) in [7, 11) is 1.80. The number of carbonyl (C=O) groups excluding carboxylic acids is 1. The number of amides is 1. The van der Waals surface area contributed by atoms with Crippen molar-refractivity contribution in [1.82, 2.24) is 29.6 Å². The van der Waals surface area contributed by atoms with Crippen molar-refractivity contribution < 1.29 is 27.8 Å². The molecule has 0 radical (unpaired) electrons. The number of anilines is 1. The van der Waals surface area contributed by atoms with E-state index in [-0.39, 0.29) is 11.6 Å². The number of ether oxygens (including phenoxy) is 1. The third kappa shape index (κ3) is 5.32. The fourth-order valence-electron chi connectivity index (χ4n) is 4.67. The maximum absolute atomic E-state index is 13.2. The maximum atomic E-state index is 13.2. The lowest BCUT2D eigenvalue weighted by atomic mass is 9.84. The van der Waals surface area contributed by atoms with E-state index in [1.165, 1.54) is 6.07 Å². The maximum Gasteiger partial charge on any atom is 0.453 e. The SMILES string of the molecule is CN1CCN(CCOc2ccc(C3(O)CCN(c4ccc5nnc(C(F)(F)F)n5n4)CC3)cc2)CC1=O. The molecule has 0 atom stereocenters. The van der Waals surface area contributed by atoms with Gasteiger partial charge in [-0.3, -0.25) is 9.69 Å². The van der Waals surface area contributed by atoms with Crippen LogP contribution in [0.3, 0.4) is 0 Å². The van der Waals surface area contributed by atoms with E-state index in [2.05, 4.69) is 20.2 Å². The minimum Gasteiger partial charge on any atom is -0.492 e. The highest BCUT2D eigenvalue weighted by Gasteiger charge is 2.38. The second-order valence-electron chi connectivity index (χ2n) is 9.47. The van der Waals surface area contributed by atoms with Crippen molar-refractivity contribution in [3.05, 3.63) is 47.8 Å². The smallest absolute Gasteiger partial charge is 0.453 e. The molecule has 5 rings (SSSR count). The molecule has 4 heterocycles. The van der Waals surface area contributed by atoms with Gasteiger partial charge < -0.3 is 19.6 Å². The Bertz CT molecular complexity index is 1260. The average Bonchev–Trinajstić information content (AvgIpc) is 3.31. The lowest BCUT2D eigenvalue weighted by molar-refractivity contribution is -0.146. The minimum absolute atomic E-state index is 0.0175. The van der Waals surface area contributed by atoms with Gasteiger partial charge >= 0.3 is 6.18 Å². The van der Waals surface area contributed by atoms with E-state index in [9.17, 15) is 23.1 Å². The van der Waals surface area contributed by atoms with Gasteiger partial charge in [-0.05, 0) is 42.7 Å². The van der Waals surface area contributed by atoms with E-state index in [1.807, 2.05) is 29.2 Å². The van der Waals surface area contributed by atoms with Crippen LogP contribution in [0.15, 0.2) is 36.4 Å². The van der Waals surface area contributed by atoms with Crippen LogP contribution in [-0.2, 0) is 16.6 Å². The first-order chi connectivity index (χ1) is 17.6. The number of benzene rings is 1. The highest BCUT2D eigenvalue weighted by Crippen LogP contribution is 2.35. The van der Waals surface area contributed by atoms with Gasteiger partial charge in [0, 0.05) is 39.8 Å². The molecule has 1 amide bonds. The zero-order valence-electron chi connectivity index (χ0n) is 20.4. The molecule has 1 aromatic carbocycles. The van der Waals surface area contributed by atoms with E-state index < -0.39 is 17.6 Å². The number of nitrogens with zero attached hydrogens (tertiary/aromatic N) is 7. The number of carbonyl (C=O) groups is 1. The molecular weight excluding hydrogens is 491 g/mol. The second-order valence-corrected chi connectivity index (χ2v) is 9.47. The molecule has 0 saturated carbocycles. The summed E-state index contributed by atoms with van der Waals surface area (Å²) >= 11 is 0. The van der Waals surface area contributed by atoms with Crippen molar-refractivity contribution in [2.45, 2.75) is 24.6 Å². The molecule has 13 heteroatoms. The first-order valence-corrected chi connectivity index (χ1v) is 12.1. The Hall–Kier alpha value is -3.45. The van der Waals surface area contributed by atoms with Crippen LogP contribution in [0.25, 0.3) is 5.65 Å². The Kier molecular flexibility index (Phi) is 6.67. The summed E-state index contributed by atoms with van der Waals surface area (Å²) in [6, 6.07) is 10.4. The number of fused-ring (bicyclic) bond motifs is 1. The summed E-state index contributed by atoms with van der Waals surface area (Å²) in [6.07, 6.45) is -3.88. The Morgan fingerprint density at radius 1 is 1.03 bits per heavy atom. The van der Waals surface area contributed by atoms with Crippen LogP contribution in [0.4, 0.5) is 19.0 Å². The fourth-order valence-corrected chi connectivity index (χ4v) is 4.67. The number of hydrogen-bond donors (Lipinski definition) is 1. The van der Waals surface area contributed by atoms with Crippen molar-refractivity contribution >= 4 is 17.4 Å². The molecule has 0 spiro atoms. The molecule has 2 aromatic heterocycles. The third-order valence-corrected chi connectivity index (χ3v) is 7.02. The highest BCUT2D eigenvalue weighted by molar-refractivity contribution is 5.78. The van der Waals surface area contributed by atoms with E-state index in [0.717, 1.165) is 12.1 Å². The van der Waals surface area contributed by atoms with Crippen molar-refractivity contribution in [2.24, 2.45) is 0 Å². The molecule has 2 saturated heterocycles. The number of piperidine rings is 1. The molecular formula is C24H28F3N7O3. The highest BCUT2D eigenvalue weighted by atomic mass is 19.4. The van der Waals surface area contributed by atoms with Crippen molar-refractivity contribution in [3.63, 3.8) is 0 Å². The lowest BCUT2D eigenvalue weighted by Crippen LogP contribution is -2.49. The molecule has 198 valence electrons. The third-order valence-electron chi connectivity index (χ3n) is 7.02. The van der Waals surface area contributed by atoms with E-state index in [4.69, 9.17) is 4.74 Å². The molecule has 2 aliphatic rings. The second kappa shape index (κ2) is 9.78. The summed E-state index contributed by atoms with van der Waals surface area (Å²) < 4.78 is 46.1. The number of halogens is 3. The summed E-state index contributed by atoms with van der Waals surface area (Å²) in [5.41, 5.74) is -0.290. The van der Waals surface area contributed by atoms with Crippen LogP contribution in [0.1, 0.15) is 24.2 Å². The van der Waals surface area contributed by atoms with Crippen LogP contribution in [0, 0.1) is 0 Å². The predicted molar refractivity (Wildman–Crippen MR) is 127 cm³/mol. The number of alkyl halides is 3. The monoisotopic (exact) mass is 519 g/mol. The zero-order valence-corrected chi connectivity index (χ0v) is 20.4. The van der Waals surface area contributed by atoms with Gasteiger partial charge in [-0.25, -0.2) is 0 Å². The Balaban J connectivity index is 1.17. The van der Waals surface area contributed by atoms with E-state index in [0.29, 0.717) is 68.3 Å². The van der Waals surface area contributed by atoms with Crippen LogP contribution in [-0.4, -0.2) is 93.5 Å². The van der Waals surface area contributed by atoms with Gasteiger partial charge in [0.25, 0.3) is 5.82 Å². The van der Waals surface area contributed by atoms with Crippen LogP contribution in [0.5, 0.6) is 5.75 Å². The Morgan fingerprint density at radius 3 is 2.43 bits per heavy atom. The number of likely N-dealkylation sites (N-methyl/N-ethyl adjacent to an activating group) is 1. The molecule has 37 heavy (non-hydrogen) atoms. The van der Waals surface area contributed by atoms with Gasteiger partial charge in [-0.1, -0.05) is 12.1 Å². The van der Waals surface area contributed by atoms with Crippen molar-refractivity contribution in [3.8, 4) is 5.75 Å². The van der Waals surface area contributed by atoms with Gasteiger partial charge in [-0.15, -0.1) is 15.3 Å². The molecule has 0 unspecified atom stereocenters. The summed E-state index contributed by atoms with van der Waals surface area (Å²) in [4.78, 5) is 17.4. The summed E-state index contributed by atoms with van der Waals surface area (Å²) in [5.74, 6) is -0.0176. The molecule has 2 aliphatic heterocycles. The van der Waals surface area contributed by atoms with E-state index in [1.54, 1.807) is 18.0 Å². The Labute approximate surface area is 211 Å². The molecule has 1 N–H and O–H groups in total. The topological polar surface area (TPSA) is 99.3 Å². The first-order valence-electron chi connectivity index (χ1n) is 12.1. The molecule has 0 bridgehead atoms. The average molecular weight is 520 g/mol. The van der Waals surface area contributed by atoms with Crippen molar-refractivity contribution in [1.29, 1.82) is 0 Å². The van der Waals surface area contributed by atoms with Gasteiger partial charge in [0.05, 0.1) is 12.1 Å². The van der Waals surface area contributed by atoms with E-state index >= 15 is 0 Å². The quantitative estimate of drug-likeness (QED) is 0.527. The van der Waals surface area contributed by atoms with Gasteiger partial charge in [0.2, 0.25) is 5.91 Å². The molecule has 3 aromatic rings. The number of rotatable bonds is 6. The standard InChI is InChI=1S/C24H28F3N7O3/c1-31-12-13-32(16-21(31)35)14-15-37-18-4-2-17(3-5-18)23(36)8-10-33(11-9-23)20-7-6-19-28-29-22(24(25,26)27)34(19)30-20/h2-7,36H,8-16H2,1H3. The molecule has 2 fully saturated rings. The number of aromatic nitrogens is 4. The lowest BCUT2D eigenvalue weighted by Gasteiger charge is -2.39. The molecule has 0 aliphatic carbocycles. The number of hydrogen-bond acceptors (Lipinski definition) is 8. The summed E-state index contributed by atoms with van der Waals surface area (Å²) in [5, 5.41) is 22.1. The first kappa shape index (κ1) is 25.2. The molecule has 10 nitrogen and oxygen atoms in total. The minimum atomic E-state index is -4.66.